The molecule has 1 heterocycles. The first-order chi connectivity index (χ1) is 15.7. The van der Waals surface area contributed by atoms with Crippen LogP contribution in [0.2, 0.25) is 0 Å². The molecule has 0 aliphatic carbocycles. The Hall–Kier alpha value is -3.52. The fraction of sp³-hybridized carbons (Fsp3) is 0.200. The van der Waals surface area contributed by atoms with Crippen LogP contribution in [-0.4, -0.2) is 24.5 Å². The fourth-order valence-electron chi connectivity index (χ4n) is 3.69. The van der Waals surface area contributed by atoms with Crippen molar-refractivity contribution in [3.05, 3.63) is 108 Å². The standard InChI is InChI=1S/C25H26N4O3/c30-23(17-32-24(19-12-6-2-7-13-19)20-14-8-3-9-15-20)28-29-25(31)22-16-21(26-27-22)18-10-4-1-5-11-18/h1-15,21-22,24,26-27H,16-17H2,(H,28,30)(H,29,31). The van der Waals surface area contributed by atoms with Gasteiger partial charge in [0.25, 0.3) is 11.8 Å². The van der Waals surface area contributed by atoms with Gasteiger partial charge in [0.1, 0.15) is 18.8 Å². The Morgan fingerprint density at radius 2 is 1.38 bits per heavy atom. The van der Waals surface area contributed by atoms with Gasteiger partial charge in [0.2, 0.25) is 0 Å². The van der Waals surface area contributed by atoms with Gasteiger partial charge in [-0.25, -0.2) is 10.9 Å². The minimum absolute atomic E-state index is 0.0310. The normalized spacial score (nSPS) is 17.8. The van der Waals surface area contributed by atoms with Crippen LogP contribution in [0, 0.1) is 0 Å². The summed E-state index contributed by atoms with van der Waals surface area (Å²) >= 11 is 0. The summed E-state index contributed by atoms with van der Waals surface area (Å²) in [5, 5.41) is 0. The van der Waals surface area contributed by atoms with Gasteiger partial charge < -0.3 is 4.74 Å². The maximum absolute atomic E-state index is 12.4. The van der Waals surface area contributed by atoms with E-state index in [0.717, 1.165) is 16.7 Å². The van der Waals surface area contributed by atoms with Crippen LogP contribution in [0.15, 0.2) is 91.0 Å². The number of hydrogen-bond donors (Lipinski definition) is 4. The van der Waals surface area contributed by atoms with Gasteiger partial charge in [-0.2, -0.15) is 0 Å². The van der Waals surface area contributed by atoms with Crippen molar-refractivity contribution in [1.82, 2.24) is 21.7 Å². The van der Waals surface area contributed by atoms with Gasteiger partial charge in [0.15, 0.2) is 0 Å². The summed E-state index contributed by atoms with van der Waals surface area (Å²) in [6.07, 6.45) is 0.193. The maximum atomic E-state index is 12.4. The molecule has 1 aliphatic heterocycles. The van der Waals surface area contributed by atoms with Gasteiger partial charge in [-0.1, -0.05) is 91.0 Å². The van der Waals surface area contributed by atoms with Crippen molar-refractivity contribution in [3.63, 3.8) is 0 Å². The van der Waals surface area contributed by atoms with Gasteiger partial charge in [-0.05, 0) is 23.1 Å². The zero-order chi connectivity index (χ0) is 22.2. The van der Waals surface area contributed by atoms with Crippen molar-refractivity contribution in [2.45, 2.75) is 24.6 Å². The lowest BCUT2D eigenvalue weighted by atomic mass is 10.0. The Morgan fingerprint density at radius 1 is 0.812 bits per heavy atom. The van der Waals surface area contributed by atoms with E-state index in [9.17, 15) is 9.59 Å². The summed E-state index contributed by atoms with van der Waals surface area (Å²) in [5.41, 5.74) is 14.0. The van der Waals surface area contributed by atoms with Gasteiger partial charge in [-0.15, -0.1) is 0 Å². The number of hydrazine groups is 2. The van der Waals surface area contributed by atoms with Crippen LogP contribution >= 0.6 is 0 Å². The Bertz CT molecular complexity index is 976. The number of amides is 2. The van der Waals surface area contributed by atoms with Crippen molar-refractivity contribution >= 4 is 11.8 Å². The van der Waals surface area contributed by atoms with Gasteiger partial charge in [0.05, 0.1) is 0 Å². The summed E-state index contributed by atoms with van der Waals surface area (Å²) in [6.45, 7) is -0.197. The topological polar surface area (TPSA) is 91.5 Å². The lowest BCUT2D eigenvalue weighted by Crippen LogP contribution is -2.51. The Balaban J connectivity index is 1.27. The summed E-state index contributed by atoms with van der Waals surface area (Å²) in [5.74, 6) is -0.743. The predicted octanol–water partition coefficient (Wildman–Crippen LogP) is 2.55. The number of hydrogen-bond acceptors (Lipinski definition) is 5. The van der Waals surface area contributed by atoms with Crippen molar-refractivity contribution in [3.8, 4) is 0 Å². The van der Waals surface area contributed by atoms with E-state index in [4.69, 9.17) is 4.74 Å². The third-order valence-corrected chi connectivity index (χ3v) is 5.33. The highest BCUT2D eigenvalue weighted by molar-refractivity contribution is 5.85. The number of nitrogens with one attached hydrogen (secondary N) is 4. The molecule has 3 aromatic carbocycles. The maximum Gasteiger partial charge on any atom is 0.264 e. The molecular formula is C25H26N4O3. The van der Waals surface area contributed by atoms with Crippen molar-refractivity contribution in [2.24, 2.45) is 0 Å². The third-order valence-electron chi connectivity index (χ3n) is 5.33. The molecule has 0 spiro atoms. The van der Waals surface area contributed by atoms with Crippen LogP contribution in [0.1, 0.15) is 35.3 Å². The van der Waals surface area contributed by atoms with Gasteiger partial charge in [0, 0.05) is 6.04 Å². The van der Waals surface area contributed by atoms with Gasteiger partial charge >= 0.3 is 0 Å². The van der Waals surface area contributed by atoms with Crippen LogP contribution in [0.25, 0.3) is 0 Å². The highest BCUT2D eigenvalue weighted by atomic mass is 16.5. The van der Waals surface area contributed by atoms with Crippen molar-refractivity contribution in [2.75, 3.05) is 6.61 Å². The average molecular weight is 431 g/mol. The first-order valence-electron chi connectivity index (χ1n) is 10.6. The predicted molar refractivity (Wildman–Crippen MR) is 121 cm³/mol. The second-order valence-corrected chi connectivity index (χ2v) is 7.59. The molecule has 4 N–H and O–H groups in total. The minimum atomic E-state index is -0.456. The molecule has 7 heteroatoms. The molecule has 0 radical (unpaired) electrons. The zero-order valence-corrected chi connectivity index (χ0v) is 17.5. The van der Waals surface area contributed by atoms with E-state index in [2.05, 4.69) is 21.7 Å². The van der Waals surface area contributed by atoms with E-state index in [1.165, 1.54) is 0 Å². The summed E-state index contributed by atoms with van der Waals surface area (Å²) in [7, 11) is 0. The van der Waals surface area contributed by atoms with E-state index in [0.29, 0.717) is 6.42 Å². The summed E-state index contributed by atoms with van der Waals surface area (Å²) in [6, 6.07) is 28.9. The molecule has 1 saturated heterocycles. The molecule has 7 nitrogen and oxygen atoms in total. The number of rotatable bonds is 7. The third kappa shape index (κ3) is 5.59. The van der Waals surface area contributed by atoms with E-state index >= 15 is 0 Å². The Labute approximate surface area is 187 Å². The minimum Gasteiger partial charge on any atom is -0.359 e. The summed E-state index contributed by atoms with van der Waals surface area (Å²) in [4.78, 5) is 24.8. The average Bonchev–Trinajstić information content (AvgIpc) is 3.35. The molecule has 1 fully saturated rings. The van der Waals surface area contributed by atoms with Crippen molar-refractivity contribution < 1.29 is 14.3 Å². The molecule has 4 rings (SSSR count). The van der Waals surface area contributed by atoms with E-state index in [1.54, 1.807) is 0 Å². The molecule has 1 aliphatic rings. The second kappa shape index (κ2) is 10.7. The molecule has 2 unspecified atom stereocenters. The van der Waals surface area contributed by atoms with E-state index in [1.807, 2.05) is 91.0 Å². The number of carbonyl (C=O) groups is 2. The van der Waals surface area contributed by atoms with Crippen LogP contribution < -0.4 is 21.7 Å². The quantitative estimate of drug-likeness (QED) is 0.433. The molecule has 164 valence electrons. The molecule has 32 heavy (non-hydrogen) atoms. The monoisotopic (exact) mass is 430 g/mol. The van der Waals surface area contributed by atoms with E-state index < -0.39 is 11.9 Å². The lowest BCUT2D eigenvalue weighted by molar-refractivity contribution is -0.133. The van der Waals surface area contributed by atoms with Crippen LogP contribution in [-0.2, 0) is 14.3 Å². The first kappa shape index (κ1) is 21.7. The smallest absolute Gasteiger partial charge is 0.264 e. The SMILES string of the molecule is O=C(COC(c1ccccc1)c1ccccc1)NNC(=O)C1CC(c2ccccc2)NN1. The van der Waals surface area contributed by atoms with Crippen LogP contribution in [0.5, 0.6) is 0 Å². The number of carbonyl (C=O) groups excluding carboxylic acids is 2. The highest BCUT2D eigenvalue weighted by Gasteiger charge is 2.30. The van der Waals surface area contributed by atoms with Crippen molar-refractivity contribution in [1.29, 1.82) is 0 Å². The van der Waals surface area contributed by atoms with Crippen LogP contribution in [0.3, 0.4) is 0 Å². The van der Waals surface area contributed by atoms with E-state index in [-0.39, 0.29) is 24.7 Å². The Morgan fingerprint density at radius 3 is 1.97 bits per heavy atom. The molecule has 2 amide bonds. The molecule has 0 saturated carbocycles. The summed E-state index contributed by atoms with van der Waals surface area (Å²) < 4.78 is 5.92. The number of benzene rings is 3. The second-order valence-electron chi connectivity index (χ2n) is 7.59. The largest absolute Gasteiger partial charge is 0.359 e. The number of ether oxygens (including phenoxy) is 1. The highest BCUT2D eigenvalue weighted by Crippen LogP contribution is 2.25. The van der Waals surface area contributed by atoms with Gasteiger partial charge in [-0.3, -0.25) is 20.4 Å². The Kier molecular flexibility index (Phi) is 7.24. The first-order valence-corrected chi connectivity index (χ1v) is 10.6. The molecule has 0 bridgehead atoms. The molecular weight excluding hydrogens is 404 g/mol. The molecule has 0 aromatic heterocycles. The zero-order valence-electron chi connectivity index (χ0n) is 17.5. The molecule has 3 aromatic rings. The lowest BCUT2D eigenvalue weighted by Gasteiger charge is -2.19. The fourth-order valence-corrected chi connectivity index (χ4v) is 3.69. The molecule has 2 atom stereocenters. The van der Waals surface area contributed by atoms with Crippen LogP contribution in [0.4, 0.5) is 0 Å².